The van der Waals surface area contributed by atoms with Gasteiger partial charge >= 0.3 is 5.97 Å². The van der Waals surface area contributed by atoms with Crippen molar-refractivity contribution in [2.75, 3.05) is 24.8 Å². The second-order valence-electron chi connectivity index (χ2n) is 8.75. The molecule has 196 valence electrons. The molecule has 2 heterocycles. The minimum Gasteiger partial charge on any atom is -0.493 e. The van der Waals surface area contributed by atoms with Gasteiger partial charge in [-0.25, -0.2) is 9.48 Å². The fourth-order valence-corrected chi connectivity index (χ4v) is 4.74. The highest BCUT2D eigenvalue weighted by Crippen LogP contribution is 2.40. The second-order valence-corrected chi connectivity index (χ2v) is 9.81. The molecule has 1 atom stereocenters. The monoisotopic (exact) mass is 522 g/mol. The van der Waals surface area contributed by atoms with Crippen LogP contribution in [0.4, 0.5) is 5.95 Å². The van der Waals surface area contributed by atoms with Crippen molar-refractivity contribution >= 4 is 23.7 Å². The van der Waals surface area contributed by atoms with Crippen LogP contribution < -0.4 is 14.8 Å². The van der Waals surface area contributed by atoms with Gasteiger partial charge in [-0.05, 0) is 43.0 Å². The Labute approximate surface area is 222 Å². The lowest BCUT2D eigenvalue weighted by Crippen LogP contribution is -2.29. The fourth-order valence-electron chi connectivity index (χ4n) is 4.06. The van der Waals surface area contributed by atoms with Crippen molar-refractivity contribution in [2.24, 2.45) is 0 Å². The van der Waals surface area contributed by atoms with Gasteiger partial charge < -0.3 is 19.5 Å². The maximum Gasteiger partial charge on any atom is 0.338 e. The molecule has 0 fully saturated rings. The van der Waals surface area contributed by atoms with Crippen LogP contribution in [0.1, 0.15) is 57.2 Å². The van der Waals surface area contributed by atoms with Gasteiger partial charge in [0.2, 0.25) is 11.1 Å². The zero-order chi connectivity index (χ0) is 26.2. The molecule has 9 heteroatoms. The van der Waals surface area contributed by atoms with Crippen molar-refractivity contribution < 1.29 is 19.0 Å². The number of allylic oxidation sites excluding steroid dienone is 1. The van der Waals surface area contributed by atoms with Gasteiger partial charge in [-0.1, -0.05) is 68.4 Å². The molecular weight excluding hydrogens is 488 g/mol. The first-order valence-corrected chi connectivity index (χ1v) is 13.6. The largest absolute Gasteiger partial charge is 0.493 e. The quantitative estimate of drug-likeness (QED) is 0.176. The van der Waals surface area contributed by atoms with Gasteiger partial charge in [0, 0.05) is 11.4 Å². The summed E-state index contributed by atoms with van der Waals surface area (Å²) < 4.78 is 19.1. The number of nitrogens with one attached hydrogen (secondary N) is 1. The molecule has 1 N–H and O–H groups in total. The lowest BCUT2D eigenvalue weighted by molar-refractivity contribution is -0.140. The minimum absolute atomic E-state index is 0.179. The van der Waals surface area contributed by atoms with Crippen LogP contribution in [0.3, 0.4) is 0 Å². The highest BCUT2D eigenvalue weighted by Gasteiger charge is 2.36. The third-order valence-electron chi connectivity index (χ3n) is 5.96. The molecule has 3 aromatic rings. The molecule has 0 bridgehead atoms. The first-order valence-electron chi connectivity index (χ1n) is 12.6. The number of esters is 1. The Balaban J connectivity index is 1.70. The lowest BCUT2D eigenvalue weighted by Gasteiger charge is -2.28. The molecule has 1 unspecified atom stereocenters. The van der Waals surface area contributed by atoms with E-state index in [-0.39, 0.29) is 6.61 Å². The third kappa shape index (κ3) is 6.28. The van der Waals surface area contributed by atoms with Crippen molar-refractivity contribution in [1.82, 2.24) is 14.8 Å². The molecule has 4 rings (SSSR count). The van der Waals surface area contributed by atoms with Crippen molar-refractivity contribution in [3.05, 3.63) is 70.9 Å². The van der Waals surface area contributed by atoms with Crippen molar-refractivity contribution in [3.63, 3.8) is 0 Å². The van der Waals surface area contributed by atoms with Crippen molar-refractivity contribution in [2.45, 2.75) is 57.8 Å². The summed E-state index contributed by atoms with van der Waals surface area (Å²) in [4.78, 5) is 18.2. The molecule has 0 amide bonds. The molecule has 2 aromatic carbocycles. The molecular formula is C28H34N4O4S. The van der Waals surface area contributed by atoms with Crippen LogP contribution >= 0.6 is 11.8 Å². The van der Waals surface area contributed by atoms with Crippen LogP contribution in [0.2, 0.25) is 0 Å². The van der Waals surface area contributed by atoms with Gasteiger partial charge in [-0.3, -0.25) is 0 Å². The minimum atomic E-state index is -0.540. The van der Waals surface area contributed by atoms with E-state index >= 15 is 0 Å². The van der Waals surface area contributed by atoms with Crippen LogP contribution in [0.15, 0.2) is 65.0 Å². The summed E-state index contributed by atoms with van der Waals surface area (Å²) in [5, 5.41) is 8.68. The first kappa shape index (κ1) is 26.6. The number of thioether (sulfide) groups is 1. The van der Waals surface area contributed by atoms with E-state index in [9.17, 15) is 4.79 Å². The number of methoxy groups -OCH3 is 1. The van der Waals surface area contributed by atoms with E-state index in [4.69, 9.17) is 19.3 Å². The number of benzene rings is 2. The van der Waals surface area contributed by atoms with E-state index in [0.717, 1.165) is 36.1 Å². The molecule has 0 radical (unpaired) electrons. The van der Waals surface area contributed by atoms with E-state index in [2.05, 4.69) is 24.1 Å². The summed E-state index contributed by atoms with van der Waals surface area (Å²) in [5.41, 5.74) is 2.90. The predicted octanol–water partition coefficient (Wildman–Crippen LogP) is 6.00. The SMILES string of the molecule is CCCCOc1ccc(C2C(C(=O)OCc3ccccc3)=C(C)Nc3nc(SCCC)nn32)cc1OC. The Kier molecular flexibility index (Phi) is 9.11. The summed E-state index contributed by atoms with van der Waals surface area (Å²) in [6.07, 6.45) is 3.01. The van der Waals surface area contributed by atoms with E-state index in [1.165, 1.54) is 0 Å². The van der Waals surface area contributed by atoms with Crippen molar-refractivity contribution in [3.8, 4) is 11.5 Å². The molecule has 1 aromatic heterocycles. The number of ether oxygens (including phenoxy) is 3. The zero-order valence-corrected chi connectivity index (χ0v) is 22.6. The maximum absolute atomic E-state index is 13.5. The summed E-state index contributed by atoms with van der Waals surface area (Å²) >= 11 is 1.59. The summed E-state index contributed by atoms with van der Waals surface area (Å²) in [5.74, 6) is 2.35. The highest BCUT2D eigenvalue weighted by atomic mass is 32.2. The Bertz CT molecular complexity index is 1240. The van der Waals surface area contributed by atoms with Crippen LogP contribution in [-0.4, -0.2) is 40.2 Å². The Morgan fingerprint density at radius 1 is 1.11 bits per heavy atom. The Morgan fingerprint density at radius 3 is 2.65 bits per heavy atom. The van der Waals surface area contributed by atoms with Gasteiger partial charge in [0.05, 0.1) is 19.3 Å². The Morgan fingerprint density at radius 2 is 1.92 bits per heavy atom. The standard InChI is InChI=1S/C28H34N4O4S/c1-5-7-15-35-22-14-13-21(17-23(22)34-4)25-24(26(33)36-18-20-11-9-8-10-12-20)19(3)29-27-30-28(31-32(25)27)37-16-6-2/h8-14,17,25H,5-7,15-16,18H2,1-4H3,(H,29,30,31). The van der Waals surface area contributed by atoms with Gasteiger partial charge in [-0.15, -0.1) is 5.10 Å². The number of carbonyl (C=O) groups is 1. The van der Waals surface area contributed by atoms with Crippen LogP contribution in [0, 0.1) is 0 Å². The molecule has 0 saturated carbocycles. The van der Waals surface area contributed by atoms with Gasteiger partial charge in [-0.2, -0.15) is 4.98 Å². The molecule has 0 aliphatic carbocycles. The zero-order valence-electron chi connectivity index (χ0n) is 21.8. The van der Waals surface area contributed by atoms with E-state index in [0.29, 0.717) is 40.5 Å². The van der Waals surface area contributed by atoms with E-state index < -0.39 is 12.0 Å². The number of anilines is 1. The Hall–Kier alpha value is -3.46. The van der Waals surface area contributed by atoms with Crippen LogP contribution in [0.25, 0.3) is 0 Å². The summed E-state index contributed by atoms with van der Waals surface area (Å²) in [6, 6.07) is 14.8. The number of hydrogen-bond donors (Lipinski definition) is 1. The third-order valence-corrected chi connectivity index (χ3v) is 7.00. The molecule has 0 saturated heterocycles. The average Bonchev–Trinajstić information content (AvgIpc) is 3.32. The predicted molar refractivity (Wildman–Crippen MR) is 145 cm³/mol. The number of unbranched alkanes of at least 4 members (excludes halogenated alkanes) is 1. The molecule has 0 spiro atoms. The van der Waals surface area contributed by atoms with Gasteiger partial charge in [0.15, 0.2) is 11.5 Å². The fraction of sp³-hybridized carbons (Fsp3) is 0.393. The molecule has 8 nitrogen and oxygen atoms in total. The number of hydrogen-bond acceptors (Lipinski definition) is 8. The number of aromatic nitrogens is 3. The summed E-state index contributed by atoms with van der Waals surface area (Å²) in [6.45, 7) is 6.89. The molecule has 1 aliphatic heterocycles. The van der Waals surface area contributed by atoms with Crippen LogP contribution in [0.5, 0.6) is 11.5 Å². The number of nitrogens with zero attached hydrogens (tertiary/aromatic N) is 3. The van der Waals surface area contributed by atoms with Crippen LogP contribution in [-0.2, 0) is 16.1 Å². The molecule has 37 heavy (non-hydrogen) atoms. The van der Waals surface area contributed by atoms with Gasteiger partial charge in [0.1, 0.15) is 12.6 Å². The summed E-state index contributed by atoms with van der Waals surface area (Å²) in [7, 11) is 1.62. The topological polar surface area (TPSA) is 87.5 Å². The first-order chi connectivity index (χ1) is 18.0. The lowest BCUT2D eigenvalue weighted by atomic mass is 9.95. The number of carbonyl (C=O) groups excluding carboxylic acids is 1. The smallest absolute Gasteiger partial charge is 0.338 e. The van der Waals surface area contributed by atoms with Gasteiger partial charge in [0.25, 0.3) is 0 Å². The van der Waals surface area contributed by atoms with E-state index in [1.54, 1.807) is 23.6 Å². The second kappa shape index (κ2) is 12.7. The van der Waals surface area contributed by atoms with E-state index in [1.807, 2.05) is 55.5 Å². The number of fused-ring (bicyclic) bond motifs is 1. The molecule has 1 aliphatic rings. The maximum atomic E-state index is 13.5. The normalized spacial score (nSPS) is 14.6. The average molecular weight is 523 g/mol. The number of rotatable bonds is 12. The van der Waals surface area contributed by atoms with Crippen molar-refractivity contribution in [1.29, 1.82) is 0 Å². The highest BCUT2D eigenvalue weighted by molar-refractivity contribution is 7.99.